The van der Waals surface area contributed by atoms with Gasteiger partial charge in [-0.3, -0.25) is 9.59 Å². The van der Waals surface area contributed by atoms with Crippen molar-refractivity contribution >= 4 is 29.5 Å². The second-order valence-corrected chi connectivity index (χ2v) is 7.02. The van der Waals surface area contributed by atoms with Gasteiger partial charge in [0.2, 0.25) is 5.91 Å². The van der Waals surface area contributed by atoms with Crippen molar-refractivity contribution in [2.45, 2.75) is 31.8 Å². The maximum Gasteiger partial charge on any atom is 0.418 e. The van der Waals surface area contributed by atoms with E-state index in [0.717, 1.165) is 16.9 Å². The first-order valence-corrected chi connectivity index (χ1v) is 8.24. The summed E-state index contributed by atoms with van der Waals surface area (Å²) < 4.78 is 4.99. The third kappa shape index (κ3) is 2.98. The van der Waals surface area contributed by atoms with Crippen LogP contribution < -0.4 is 0 Å². The van der Waals surface area contributed by atoms with Gasteiger partial charge in [-0.1, -0.05) is 29.8 Å². The molecule has 0 bridgehead atoms. The monoisotopic (exact) mass is 350 g/mol. The zero-order valence-corrected chi connectivity index (χ0v) is 14.4. The molecule has 2 saturated heterocycles. The maximum atomic E-state index is 12.5. The van der Waals surface area contributed by atoms with Crippen LogP contribution in [0.4, 0.5) is 4.79 Å². The van der Waals surface area contributed by atoms with Crippen molar-refractivity contribution < 1.29 is 19.1 Å². The summed E-state index contributed by atoms with van der Waals surface area (Å²) in [4.78, 5) is 38.9. The van der Waals surface area contributed by atoms with Crippen LogP contribution in [-0.4, -0.2) is 52.9 Å². The minimum Gasteiger partial charge on any atom is -0.433 e. The molecular formula is C17H19ClN2O4. The fourth-order valence-electron chi connectivity index (χ4n) is 3.14. The molecule has 128 valence electrons. The lowest BCUT2D eigenvalue weighted by molar-refractivity contribution is -0.139. The number of ether oxygens (including phenoxy) is 1. The molecule has 2 fully saturated rings. The summed E-state index contributed by atoms with van der Waals surface area (Å²) in [6, 6.07) is 7.59. The molecule has 3 amide bonds. The molecule has 2 aliphatic heterocycles. The van der Waals surface area contributed by atoms with Gasteiger partial charge in [0.1, 0.15) is 6.54 Å². The molecule has 0 aliphatic carbocycles. The highest BCUT2D eigenvalue weighted by molar-refractivity contribution is 6.31. The van der Waals surface area contributed by atoms with Crippen LogP contribution in [-0.2, 0) is 14.3 Å². The molecule has 3 rings (SSSR count). The summed E-state index contributed by atoms with van der Waals surface area (Å²) >= 11 is 6.22. The fraction of sp³-hybridized carbons (Fsp3) is 0.471. The van der Waals surface area contributed by atoms with E-state index in [1.165, 1.54) is 13.8 Å². The van der Waals surface area contributed by atoms with E-state index in [-0.39, 0.29) is 18.4 Å². The number of imide groups is 1. The number of amides is 3. The predicted molar refractivity (Wildman–Crippen MR) is 87.7 cm³/mol. The standard InChI is InChI=1S/C17H19ClN2O4/c1-17(2)15(22)20(16(23)24-17)10-14(21)19-8-7-11(9-19)12-5-3-4-6-13(12)18/h3-6,11H,7-10H2,1-2H3/t11-/m0/s1. The number of hydrogen-bond acceptors (Lipinski definition) is 4. The van der Waals surface area contributed by atoms with Crippen LogP contribution in [0.15, 0.2) is 24.3 Å². The van der Waals surface area contributed by atoms with E-state index < -0.39 is 17.6 Å². The van der Waals surface area contributed by atoms with Crippen LogP contribution in [0.3, 0.4) is 0 Å². The highest BCUT2D eigenvalue weighted by Crippen LogP contribution is 2.32. The minimum absolute atomic E-state index is 0.167. The van der Waals surface area contributed by atoms with Crippen molar-refractivity contribution in [1.82, 2.24) is 9.80 Å². The first-order chi connectivity index (χ1) is 11.3. The van der Waals surface area contributed by atoms with Gasteiger partial charge in [-0.25, -0.2) is 9.69 Å². The Balaban J connectivity index is 1.64. The number of hydrogen-bond donors (Lipinski definition) is 0. The highest BCUT2D eigenvalue weighted by Gasteiger charge is 2.48. The number of cyclic esters (lactones) is 1. The Hall–Kier alpha value is -2.08. The quantitative estimate of drug-likeness (QED) is 0.839. The Morgan fingerprint density at radius 3 is 2.67 bits per heavy atom. The first kappa shape index (κ1) is 16.8. The van der Waals surface area contributed by atoms with E-state index in [9.17, 15) is 14.4 Å². The lowest BCUT2D eigenvalue weighted by atomic mass is 9.98. The largest absolute Gasteiger partial charge is 0.433 e. The van der Waals surface area contributed by atoms with E-state index in [1.54, 1.807) is 4.90 Å². The van der Waals surface area contributed by atoms with Gasteiger partial charge < -0.3 is 9.64 Å². The van der Waals surface area contributed by atoms with Gasteiger partial charge >= 0.3 is 6.09 Å². The molecule has 0 aromatic heterocycles. The Bertz CT molecular complexity index is 704. The van der Waals surface area contributed by atoms with E-state index in [0.29, 0.717) is 18.1 Å². The molecule has 2 heterocycles. The zero-order chi connectivity index (χ0) is 17.5. The van der Waals surface area contributed by atoms with Crippen molar-refractivity contribution in [2.24, 2.45) is 0 Å². The Morgan fingerprint density at radius 2 is 2.04 bits per heavy atom. The van der Waals surface area contributed by atoms with Crippen LogP contribution in [0.25, 0.3) is 0 Å². The number of halogens is 1. The molecule has 1 aromatic rings. The first-order valence-electron chi connectivity index (χ1n) is 7.87. The highest BCUT2D eigenvalue weighted by atomic mass is 35.5. The Kier molecular flexibility index (Phi) is 4.25. The number of rotatable bonds is 3. The predicted octanol–water partition coefficient (Wildman–Crippen LogP) is 2.41. The molecule has 2 aliphatic rings. The second-order valence-electron chi connectivity index (χ2n) is 6.62. The van der Waals surface area contributed by atoms with Crippen molar-refractivity contribution in [2.75, 3.05) is 19.6 Å². The summed E-state index contributed by atoms with van der Waals surface area (Å²) in [5, 5.41) is 0.692. The van der Waals surface area contributed by atoms with Gasteiger partial charge in [-0.15, -0.1) is 0 Å². The topological polar surface area (TPSA) is 66.9 Å². The molecule has 1 atom stereocenters. The number of nitrogens with zero attached hydrogens (tertiary/aromatic N) is 2. The number of benzene rings is 1. The minimum atomic E-state index is -1.21. The molecule has 24 heavy (non-hydrogen) atoms. The molecule has 7 heteroatoms. The molecule has 0 unspecified atom stereocenters. The van der Waals surface area contributed by atoms with Gasteiger partial charge in [-0.2, -0.15) is 0 Å². The third-order valence-electron chi connectivity index (χ3n) is 4.50. The summed E-state index contributed by atoms with van der Waals surface area (Å²) in [6.07, 6.45) is 0.0412. The van der Waals surface area contributed by atoms with E-state index in [2.05, 4.69) is 0 Å². The molecule has 0 spiro atoms. The zero-order valence-electron chi connectivity index (χ0n) is 13.6. The molecular weight excluding hydrogens is 332 g/mol. The second kappa shape index (κ2) is 6.09. The van der Waals surface area contributed by atoms with Crippen LogP contribution in [0.2, 0.25) is 5.02 Å². The molecule has 0 saturated carbocycles. The Morgan fingerprint density at radius 1 is 1.33 bits per heavy atom. The lowest BCUT2D eigenvalue weighted by Gasteiger charge is -2.20. The van der Waals surface area contributed by atoms with Gasteiger partial charge in [0.15, 0.2) is 5.60 Å². The third-order valence-corrected chi connectivity index (χ3v) is 4.85. The number of carbonyl (C=O) groups is 3. The van der Waals surface area contributed by atoms with Gasteiger partial charge in [0, 0.05) is 24.0 Å². The van der Waals surface area contributed by atoms with Crippen LogP contribution in [0.5, 0.6) is 0 Å². The van der Waals surface area contributed by atoms with Gasteiger partial charge in [-0.05, 0) is 31.9 Å². The normalized spacial score (nSPS) is 22.9. The van der Waals surface area contributed by atoms with Crippen molar-refractivity contribution in [1.29, 1.82) is 0 Å². The van der Waals surface area contributed by atoms with Crippen LogP contribution in [0, 0.1) is 0 Å². The number of likely N-dealkylation sites (tertiary alicyclic amines) is 1. The maximum absolute atomic E-state index is 12.5. The average molecular weight is 351 g/mol. The van der Waals surface area contributed by atoms with Crippen LogP contribution in [0.1, 0.15) is 31.7 Å². The van der Waals surface area contributed by atoms with E-state index >= 15 is 0 Å². The van der Waals surface area contributed by atoms with Crippen molar-refractivity contribution in [3.8, 4) is 0 Å². The summed E-state index contributed by atoms with van der Waals surface area (Å²) in [5.74, 6) is -0.574. The Labute approximate surface area is 145 Å². The average Bonchev–Trinajstić information content (AvgIpc) is 3.07. The van der Waals surface area contributed by atoms with E-state index in [1.807, 2.05) is 24.3 Å². The lowest BCUT2D eigenvalue weighted by Crippen LogP contribution is -2.43. The molecule has 1 aromatic carbocycles. The number of carbonyl (C=O) groups excluding carboxylic acids is 3. The van der Waals surface area contributed by atoms with Crippen molar-refractivity contribution in [3.05, 3.63) is 34.9 Å². The van der Waals surface area contributed by atoms with Gasteiger partial charge in [0.25, 0.3) is 5.91 Å². The molecule has 0 radical (unpaired) electrons. The fourth-order valence-corrected chi connectivity index (χ4v) is 3.43. The summed E-state index contributed by atoms with van der Waals surface area (Å²) in [6.45, 7) is 3.86. The summed E-state index contributed by atoms with van der Waals surface area (Å²) in [7, 11) is 0. The molecule has 0 N–H and O–H groups in total. The van der Waals surface area contributed by atoms with Crippen molar-refractivity contribution in [3.63, 3.8) is 0 Å². The van der Waals surface area contributed by atoms with Crippen LogP contribution >= 0.6 is 11.6 Å². The smallest absolute Gasteiger partial charge is 0.418 e. The summed E-state index contributed by atoms with van der Waals surface area (Å²) in [5.41, 5.74) is -0.185. The van der Waals surface area contributed by atoms with E-state index in [4.69, 9.17) is 16.3 Å². The SMILES string of the molecule is CC1(C)OC(=O)N(CC(=O)N2CC[C@H](c3ccccc3Cl)C2)C1=O. The molecule has 6 nitrogen and oxygen atoms in total. The van der Waals surface area contributed by atoms with Gasteiger partial charge in [0.05, 0.1) is 0 Å².